The van der Waals surface area contributed by atoms with E-state index in [-0.39, 0.29) is 6.04 Å². The first-order chi connectivity index (χ1) is 8.49. The maximum atomic E-state index is 12.0. The van der Waals surface area contributed by atoms with Crippen LogP contribution in [0.1, 0.15) is 25.8 Å². The normalized spacial score (nSPS) is 13.5. The van der Waals surface area contributed by atoms with Gasteiger partial charge in [-0.2, -0.15) is 0 Å². The van der Waals surface area contributed by atoms with Crippen LogP contribution in [0.3, 0.4) is 0 Å². The van der Waals surface area contributed by atoms with E-state index in [9.17, 15) is 8.42 Å². The molecule has 5 heteroatoms. The Balaban J connectivity index is 2.78. The Kier molecular flexibility index (Phi) is 5.78. The first kappa shape index (κ1) is 15.1. The molecule has 1 atom stereocenters. The zero-order chi connectivity index (χ0) is 13.6. The van der Waals surface area contributed by atoms with Gasteiger partial charge >= 0.3 is 0 Å². The van der Waals surface area contributed by atoms with Gasteiger partial charge in [-0.15, -0.1) is 0 Å². The van der Waals surface area contributed by atoms with Crippen LogP contribution in [0.15, 0.2) is 29.2 Å². The summed E-state index contributed by atoms with van der Waals surface area (Å²) in [6.07, 6.45) is 2.02. The molecule has 0 saturated carbocycles. The van der Waals surface area contributed by atoms with Crippen LogP contribution < -0.4 is 4.72 Å². The third-order valence-electron chi connectivity index (χ3n) is 2.55. The fourth-order valence-corrected chi connectivity index (χ4v) is 2.97. The van der Waals surface area contributed by atoms with E-state index in [2.05, 4.69) is 11.6 Å². The van der Waals surface area contributed by atoms with Gasteiger partial charge in [-0.1, -0.05) is 25.5 Å². The maximum absolute atomic E-state index is 12.0. The largest absolute Gasteiger partial charge is 0.383 e. The Morgan fingerprint density at radius 3 is 2.39 bits per heavy atom. The van der Waals surface area contributed by atoms with Crippen LogP contribution in [0.4, 0.5) is 0 Å². The zero-order valence-corrected chi connectivity index (χ0v) is 12.0. The monoisotopic (exact) mass is 271 g/mol. The Bertz CT molecular complexity index is 454. The van der Waals surface area contributed by atoms with E-state index in [1.807, 2.05) is 12.1 Å². The predicted molar refractivity (Wildman–Crippen MR) is 72.1 cm³/mol. The van der Waals surface area contributed by atoms with Gasteiger partial charge in [-0.3, -0.25) is 0 Å². The van der Waals surface area contributed by atoms with Crippen molar-refractivity contribution in [1.29, 1.82) is 0 Å². The number of sulfonamides is 1. The number of rotatable bonds is 7. The van der Waals surface area contributed by atoms with Gasteiger partial charge < -0.3 is 4.74 Å². The third kappa shape index (κ3) is 4.40. The van der Waals surface area contributed by atoms with Crippen molar-refractivity contribution in [1.82, 2.24) is 4.72 Å². The van der Waals surface area contributed by atoms with E-state index in [1.165, 1.54) is 0 Å². The molecular weight excluding hydrogens is 250 g/mol. The first-order valence-corrected chi connectivity index (χ1v) is 7.58. The fourth-order valence-electron chi connectivity index (χ4n) is 1.74. The summed E-state index contributed by atoms with van der Waals surface area (Å²) in [6, 6.07) is 6.77. The molecular formula is C13H21NO3S. The minimum Gasteiger partial charge on any atom is -0.383 e. The number of nitrogens with one attached hydrogen (secondary N) is 1. The average Bonchev–Trinajstić information content (AvgIpc) is 2.29. The van der Waals surface area contributed by atoms with Crippen molar-refractivity contribution in [3.05, 3.63) is 29.8 Å². The summed E-state index contributed by atoms with van der Waals surface area (Å²) in [6.45, 7) is 4.22. The summed E-state index contributed by atoms with van der Waals surface area (Å²) in [5.74, 6) is 0. The molecule has 0 aromatic heterocycles. The lowest BCUT2D eigenvalue weighted by Gasteiger charge is -2.13. The van der Waals surface area contributed by atoms with Gasteiger partial charge in [0.25, 0.3) is 0 Å². The molecule has 0 aliphatic carbocycles. The summed E-state index contributed by atoms with van der Waals surface area (Å²) >= 11 is 0. The van der Waals surface area contributed by atoms with Crippen molar-refractivity contribution >= 4 is 10.0 Å². The molecule has 1 N–H and O–H groups in total. The van der Waals surface area contributed by atoms with Crippen molar-refractivity contribution in [2.24, 2.45) is 0 Å². The first-order valence-electron chi connectivity index (χ1n) is 6.09. The van der Waals surface area contributed by atoms with Gasteiger partial charge in [-0.05, 0) is 31.0 Å². The molecule has 0 heterocycles. The van der Waals surface area contributed by atoms with Crippen LogP contribution >= 0.6 is 0 Å². The Morgan fingerprint density at radius 1 is 1.28 bits per heavy atom. The van der Waals surface area contributed by atoms with Crippen molar-refractivity contribution in [2.45, 2.75) is 37.6 Å². The number of aryl methyl sites for hydroxylation is 1. The fraction of sp³-hybridized carbons (Fsp3) is 0.538. The molecule has 0 radical (unpaired) electrons. The van der Waals surface area contributed by atoms with Gasteiger partial charge in [0.1, 0.15) is 0 Å². The molecule has 4 nitrogen and oxygen atoms in total. The Hall–Kier alpha value is -0.910. The SMILES string of the molecule is CCCc1ccc(S(=O)(=O)NC(C)COC)cc1. The molecule has 1 unspecified atom stereocenters. The van der Waals surface area contributed by atoms with Crippen LogP contribution in [0, 0.1) is 0 Å². The molecule has 0 saturated heterocycles. The highest BCUT2D eigenvalue weighted by Gasteiger charge is 2.16. The number of ether oxygens (including phenoxy) is 1. The van der Waals surface area contributed by atoms with Crippen LogP contribution in [0.25, 0.3) is 0 Å². The molecule has 0 aliphatic heterocycles. The Morgan fingerprint density at radius 2 is 1.89 bits per heavy atom. The number of hydrogen-bond donors (Lipinski definition) is 1. The van der Waals surface area contributed by atoms with Gasteiger partial charge in [0.15, 0.2) is 0 Å². The highest BCUT2D eigenvalue weighted by atomic mass is 32.2. The zero-order valence-electron chi connectivity index (χ0n) is 11.1. The predicted octanol–water partition coefficient (Wildman–Crippen LogP) is 1.95. The van der Waals surface area contributed by atoms with Gasteiger partial charge in [0.05, 0.1) is 11.5 Å². The molecule has 18 heavy (non-hydrogen) atoms. The van der Waals surface area contributed by atoms with Crippen molar-refractivity contribution < 1.29 is 13.2 Å². The maximum Gasteiger partial charge on any atom is 0.240 e. The lowest BCUT2D eigenvalue weighted by Crippen LogP contribution is -2.35. The minimum absolute atomic E-state index is 0.240. The summed E-state index contributed by atoms with van der Waals surface area (Å²) < 4.78 is 31.5. The standard InChI is InChI=1S/C13H21NO3S/c1-4-5-12-6-8-13(9-7-12)18(15,16)14-11(2)10-17-3/h6-9,11,14H,4-5,10H2,1-3H3. The van der Waals surface area contributed by atoms with Gasteiger partial charge in [0, 0.05) is 13.2 Å². The molecule has 1 rings (SSSR count). The molecule has 102 valence electrons. The summed E-state index contributed by atoms with van der Waals surface area (Å²) in [5.41, 5.74) is 1.15. The second-order valence-corrected chi connectivity index (χ2v) is 6.09. The molecule has 0 spiro atoms. The lowest BCUT2D eigenvalue weighted by atomic mass is 10.1. The van der Waals surface area contributed by atoms with Crippen molar-refractivity contribution in [3.8, 4) is 0 Å². The van der Waals surface area contributed by atoms with Crippen molar-refractivity contribution in [2.75, 3.05) is 13.7 Å². The van der Waals surface area contributed by atoms with Crippen LogP contribution in [0.2, 0.25) is 0 Å². The molecule has 0 fully saturated rings. The van der Waals surface area contributed by atoms with E-state index in [1.54, 1.807) is 26.2 Å². The third-order valence-corrected chi connectivity index (χ3v) is 4.15. The summed E-state index contributed by atoms with van der Waals surface area (Å²) in [4.78, 5) is 0.297. The number of methoxy groups -OCH3 is 1. The lowest BCUT2D eigenvalue weighted by molar-refractivity contribution is 0.180. The second kappa shape index (κ2) is 6.87. The average molecular weight is 271 g/mol. The smallest absolute Gasteiger partial charge is 0.240 e. The molecule has 0 aliphatic rings. The topological polar surface area (TPSA) is 55.4 Å². The van der Waals surface area contributed by atoms with E-state index in [0.717, 1.165) is 18.4 Å². The number of benzene rings is 1. The van der Waals surface area contributed by atoms with E-state index in [0.29, 0.717) is 11.5 Å². The van der Waals surface area contributed by atoms with Crippen molar-refractivity contribution in [3.63, 3.8) is 0 Å². The summed E-state index contributed by atoms with van der Waals surface area (Å²) in [5, 5.41) is 0. The van der Waals surface area contributed by atoms with Crippen LogP contribution in [0.5, 0.6) is 0 Å². The summed E-state index contributed by atoms with van der Waals surface area (Å²) in [7, 11) is -1.90. The van der Waals surface area contributed by atoms with E-state index >= 15 is 0 Å². The minimum atomic E-state index is -3.44. The quantitative estimate of drug-likeness (QED) is 0.824. The molecule has 0 bridgehead atoms. The number of hydrogen-bond acceptors (Lipinski definition) is 3. The highest BCUT2D eigenvalue weighted by molar-refractivity contribution is 7.89. The van der Waals surface area contributed by atoms with Crippen LogP contribution in [-0.2, 0) is 21.2 Å². The molecule has 0 amide bonds. The highest BCUT2D eigenvalue weighted by Crippen LogP contribution is 2.12. The van der Waals surface area contributed by atoms with Gasteiger partial charge in [0.2, 0.25) is 10.0 Å². The molecule has 1 aromatic carbocycles. The van der Waals surface area contributed by atoms with Crippen LogP contribution in [-0.4, -0.2) is 28.2 Å². The molecule has 1 aromatic rings. The van der Waals surface area contributed by atoms with Gasteiger partial charge in [-0.25, -0.2) is 13.1 Å². The van der Waals surface area contributed by atoms with E-state index < -0.39 is 10.0 Å². The van der Waals surface area contributed by atoms with E-state index in [4.69, 9.17) is 4.74 Å². The second-order valence-electron chi connectivity index (χ2n) is 4.37. The Labute approximate surface area is 109 Å².